The lowest BCUT2D eigenvalue weighted by molar-refractivity contribution is 0.0931. The topological polar surface area (TPSA) is 33.3 Å². The van der Waals surface area contributed by atoms with Gasteiger partial charge in [-0.2, -0.15) is 0 Å². The Hall–Kier alpha value is 0.1000. The zero-order chi connectivity index (χ0) is 15.1. The van der Waals surface area contributed by atoms with Crippen LogP contribution in [0.1, 0.15) is 32.1 Å². The molecule has 3 aliphatic heterocycles. The molecule has 126 valence electrons. The van der Waals surface area contributed by atoms with Crippen LogP contribution in [0.5, 0.6) is 0 Å². The van der Waals surface area contributed by atoms with Crippen molar-refractivity contribution in [1.82, 2.24) is 10.6 Å². The van der Waals surface area contributed by atoms with Gasteiger partial charge in [0.25, 0.3) is 0 Å². The average molecular weight is 331 g/mol. The fourth-order valence-electron chi connectivity index (χ4n) is 5.36. The number of piperidine rings is 1. The molecule has 22 heavy (non-hydrogen) atoms. The first-order chi connectivity index (χ1) is 10.7. The molecule has 8 atom stereocenters. The fraction of sp³-hybridized carbons (Fsp3) is 1.00. The summed E-state index contributed by atoms with van der Waals surface area (Å²) in [6, 6.07) is 0. The lowest BCUT2D eigenvalue weighted by Crippen LogP contribution is -2.51. The van der Waals surface area contributed by atoms with Gasteiger partial charge in [-0.1, -0.05) is 0 Å². The Morgan fingerprint density at radius 2 is 1.77 bits per heavy atom. The number of fused-ring (bicyclic) bond motifs is 1. The van der Waals surface area contributed by atoms with E-state index in [-0.39, 0.29) is 5.38 Å². The third kappa shape index (κ3) is 2.92. The van der Waals surface area contributed by atoms with E-state index in [1.54, 1.807) is 0 Å². The van der Waals surface area contributed by atoms with Crippen molar-refractivity contribution in [3.05, 3.63) is 0 Å². The Kier molecular flexibility index (Phi) is 4.64. The first-order valence-electron chi connectivity index (χ1n) is 9.05. The Bertz CT molecular complexity index is 393. The minimum absolute atomic E-state index is 0.266. The lowest BCUT2D eigenvalue weighted by Gasteiger charge is -2.42. The summed E-state index contributed by atoms with van der Waals surface area (Å²) >= 11 is 6.20. The Morgan fingerprint density at radius 1 is 0.909 bits per heavy atom. The van der Waals surface area contributed by atoms with Crippen LogP contribution in [0.3, 0.4) is 0 Å². The highest BCUT2D eigenvalue weighted by Crippen LogP contribution is 2.43. The maximum absolute atomic E-state index is 13.6. The van der Waals surface area contributed by atoms with Crippen molar-refractivity contribution in [3.8, 4) is 0 Å². The van der Waals surface area contributed by atoms with Gasteiger partial charge in [0.1, 0.15) is 6.17 Å². The molecule has 0 amide bonds. The Balaban J connectivity index is 1.40. The van der Waals surface area contributed by atoms with Crippen molar-refractivity contribution in [1.29, 1.82) is 0 Å². The minimum atomic E-state index is -0.793. The average Bonchev–Trinajstić information content (AvgIpc) is 3.17. The molecule has 3 heterocycles. The maximum atomic E-state index is 13.6. The second-order valence-corrected chi connectivity index (χ2v) is 8.41. The number of hydrogen-bond donors (Lipinski definition) is 2. The summed E-state index contributed by atoms with van der Waals surface area (Å²) in [5, 5.41) is 7.12. The second kappa shape index (κ2) is 6.54. The summed E-state index contributed by atoms with van der Waals surface area (Å²) < 4.78 is 19.2. The number of rotatable bonds is 2. The summed E-state index contributed by atoms with van der Waals surface area (Å²) in [6.07, 6.45) is 4.70. The summed E-state index contributed by atoms with van der Waals surface area (Å²) in [5.74, 6) is 3.45. The van der Waals surface area contributed by atoms with E-state index in [1.165, 1.54) is 12.8 Å². The SMILES string of the molecule is FC1CCC(C2CNC3NCC(C4CCOC4)C3C2)CC1Cl. The van der Waals surface area contributed by atoms with Crippen LogP contribution in [0.2, 0.25) is 0 Å². The van der Waals surface area contributed by atoms with Crippen molar-refractivity contribution >= 4 is 11.6 Å². The molecule has 8 unspecified atom stereocenters. The van der Waals surface area contributed by atoms with Crippen molar-refractivity contribution in [2.75, 3.05) is 26.3 Å². The van der Waals surface area contributed by atoms with Crippen LogP contribution in [-0.4, -0.2) is 44.0 Å². The molecular weight excluding hydrogens is 303 g/mol. The van der Waals surface area contributed by atoms with Crippen molar-refractivity contribution in [2.24, 2.45) is 29.6 Å². The second-order valence-electron chi connectivity index (χ2n) is 7.85. The predicted molar refractivity (Wildman–Crippen MR) is 85.7 cm³/mol. The molecule has 3 nitrogen and oxygen atoms in total. The van der Waals surface area contributed by atoms with Crippen LogP contribution < -0.4 is 10.6 Å². The van der Waals surface area contributed by atoms with E-state index in [4.69, 9.17) is 16.3 Å². The molecule has 4 fully saturated rings. The maximum Gasteiger partial charge on any atom is 0.116 e. The standard InChI is InChI=1S/C17H28ClFN2O/c18-15-6-10(1-2-16(15)19)12-5-13-14(11-3-4-22-9-11)8-21-17(13)20-7-12/h10-17,20-21H,1-9H2. The van der Waals surface area contributed by atoms with Gasteiger partial charge in [-0.3, -0.25) is 0 Å². The van der Waals surface area contributed by atoms with Crippen LogP contribution in [0.4, 0.5) is 4.39 Å². The van der Waals surface area contributed by atoms with Gasteiger partial charge in [0, 0.05) is 19.8 Å². The third-order valence-electron chi connectivity index (χ3n) is 6.70. The van der Waals surface area contributed by atoms with Gasteiger partial charge in [0.15, 0.2) is 0 Å². The van der Waals surface area contributed by atoms with E-state index in [0.717, 1.165) is 51.0 Å². The highest BCUT2D eigenvalue weighted by molar-refractivity contribution is 6.21. The molecule has 4 aliphatic rings. The van der Waals surface area contributed by atoms with Crippen molar-refractivity contribution < 1.29 is 9.13 Å². The number of halogens is 2. The molecule has 1 aliphatic carbocycles. The number of nitrogens with one attached hydrogen (secondary N) is 2. The van der Waals surface area contributed by atoms with Gasteiger partial charge in [-0.25, -0.2) is 4.39 Å². The molecule has 4 rings (SSSR count). The smallest absolute Gasteiger partial charge is 0.116 e. The zero-order valence-electron chi connectivity index (χ0n) is 13.1. The quantitative estimate of drug-likeness (QED) is 0.763. The Labute approximate surface area is 137 Å². The van der Waals surface area contributed by atoms with Gasteiger partial charge in [0.2, 0.25) is 0 Å². The first kappa shape index (κ1) is 15.6. The molecule has 0 aromatic heterocycles. The van der Waals surface area contributed by atoms with Crippen LogP contribution in [0.25, 0.3) is 0 Å². The molecule has 5 heteroatoms. The highest BCUT2D eigenvalue weighted by atomic mass is 35.5. The van der Waals surface area contributed by atoms with Crippen LogP contribution in [0, 0.1) is 29.6 Å². The predicted octanol–water partition coefficient (Wildman–Crippen LogP) is 2.54. The van der Waals surface area contributed by atoms with E-state index >= 15 is 0 Å². The minimum Gasteiger partial charge on any atom is -0.381 e. The van der Waals surface area contributed by atoms with Crippen molar-refractivity contribution in [2.45, 2.75) is 49.8 Å². The first-order valence-corrected chi connectivity index (χ1v) is 9.48. The molecule has 0 bridgehead atoms. The van der Waals surface area contributed by atoms with Crippen LogP contribution in [-0.2, 0) is 4.74 Å². The normalized spacial score (nSPS) is 52.6. The molecule has 3 saturated heterocycles. The zero-order valence-corrected chi connectivity index (χ0v) is 13.9. The molecule has 0 aromatic rings. The van der Waals surface area contributed by atoms with E-state index in [0.29, 0.717) is 30.3 Å². The summed E-state index contributed by atoms with van der Waals surface area (Å²) in [4.78, 5) is 0. The monoisotopic (exact) mass is 330 g/mol. The van der Waals surface area contributed by atoms with Gasteiger partial charge < -0.3 is 15.4 Å². The van der Waals surface area contributed by atoms with Gasteiger partial charge in [-0.15, -0.1) is 11.6 Å². The van der Waals surface area contributed by atoms with Crippen LogP contribution in [0.15, 0.2) is 0 Å². The lowest BCUT2D eigenvalue weighted by atomic mass is 9.70. The Morgan fingerprint density at radius 3 is 2.55 bits per heavy atom. The van der Waals surface area contributed by atoms with E-state index < -0.39 is 6.17 Å². The van der Waals surface area contributed by atoms with Gasteiger partial charge in [0.05, 0.1) is 11.5 Å². The highest BCUT2D eigenvalue weighted by Gasteiger charge is 2.46. The fourth-order valence-corrected chi connectivity index (χ4v) is 5.72. The van der Waals surface area contributed by atoms with E-state index in [1.807, 2.05) is 0 Å². The number of alkyl halides is 2. The molecular formula is C17H28ClFN2O. The number of hydrogen-bond acceptors (Lipinski definition) is 3. The summed E-state index contributed by atoms with van der Waals surface area (Å²) in [7, 11) is 0. The van der Waals surface area contributed by atoms with Gasteiger partial charge in [-0.05, 0) is 68.2 Å². The summed E-state index contributed by atoms with van der Waals surface area (Å²) in [5.41, 5.74) is 0. The largest absolute Gasteiger partial charge is 0.381 e. The summed E-state index contributed by atoms with van der Waals surface area (Å²) in [6.45, 7) is 4.06. The molecule has 0 radical (unpaired) electrons. The molecule has 1 saturated carbocycles. The molecule has 0 aromatic carbocycles. The van der Waals surface area contributed by atoms with Gasteiger partial charge >= 0.3 is 0 Å². The molecule has 2 N–H and O–H groups in total. The van der Waals surface area contributed by atoms with E-state index in [2.05, 4.69) is 10.6 Å². The third-order valence-corrected chi connectivity index (χ3v) is 7.15. The van der Waals surface area contributed by atoms with E-state index in [9.17, 15) is 4.39 Å². The van der Waals surface area contributed by atoms with Crippen molar-refractivity contribution in [3.63, 3.8) is 0 Å². The number of ether oxygens (including phenoxy) is 1. The van der Waals surface area contributed by atoms with Crippen LogP contribution >= 0.6 is 11.6 Å². The molecule has 0 spiro atoms.